The Bertz CT molecular complexity index is 381. The second-order valence-corrected chi connectivity index (χ2v) is 4.00. The standard InChI is InChI=1S/C11H9IN/c12-10-4-6-11(7-5-10)13-8-2-1-3-9-13/h1-9H/q+1. The van der Waals surface area contributed by atoms with Crippen LogP contribution in [-0.2, 0) is 0 Å². The van der Waals surface area contributed by atoms with E-state index in [9.17, 15) is 0 Å². The fourth-order valence-electron chi connectivity index (χ4n) is 1.18. The third-order valence-electron chi connectivity index (χ3n) is 1.84. The first-order valence-corrected chi connectivity index (χ1v) is 5.16. The monoisotopic (exact) mass is 282 g/mol. The number of halogens is 1. The molecule has 0 unspecified atom stereocenters. The summed E-state index contributed by atoms with van der Waals surface area (Å²) in [6.07, 6.45) is 4.09. The van der Waals surface area contributed by atoms with Gasteiger partial charge < -0.3 is 0 Å². The first-order valence-electron chi connectivity index (χ1n) is 4.08. The van der Waals surface area contributed by atoms with Crippen LogP contribution in [0.1, 0.15) is 0 Å². The van der Waals surface area contributed by atoms with Gasteiger partial charge in [-0.1, -0.05) is 6.07 Å². The van der Waals surface area contributed by atoms with E-state index in [1.54, 1.807) is 0 Å². The Balaban J connectivity index is 2.42. The van der Waals surface area contributed by atoms with Crippen molar-refractivity contribution in [3.63, 3.8) is 0 Å². The van der Waals surface area contributed by atoms with E-state index < -0.39 is 0 Å². The van der Waals surface area contributed by atoms with Crippen LogP contribution in [0.2, 0.25) is 0 Å². The van der Waals surface area contributed by atoms with Gasteiger partial charge in [-0.3, -0.25) is 0 Å². The molecule has 1 heterocycles. The van der Waals surface area contributed by atoms with Gasteiger partial charge in [0.1, 0.15) is 0 Å². The van der Waals surface area contributed by atoms with Crippen LogP contribution in [0.5, 0.6) is 0 Å². The molecule has 0 atom stereocenters. The van der Waals surface area contributed by atoms with E-state index in [0.29, 0.717) is 0 Å². The third kappa shape index (κ3) is 2.06. The van der Waals surface area contributed by atoms with E-state index in [-0.39, 0.29) is 0 Å². The largest absolute Gasteiger partial charge is 0.210 e. The highest BCUT2D eigenvalue weighted by molar-refractivity contribution is 14.1. The smallest absolute Gasteiger partial charge is 0.167 e. The summed E-state index contributed by atoms with van der Waals surface area (Å²) in [5, 5.41) is 0. The van der Waals surface area contributed by atoms with Gasteiger partial charge in [0.05, 0.1) is 0 Å². The SMILES string of the molecule is Ic1ccc(-[n+]2ccccc2)cc1. The van der Waals surface area contributed by atoms with E-state index in [1.165, 1.54) is 9.26 Å². The summed E-state index contributed by atoms with van der Waals surface area (Å²) in [6, 6.07) is 14.5. The predicted octanol–water partition coefficient (Wildman–Crippen LogP) is 2.57. The molecule has 0 spiro atoms. The number of nitrogens with zero attached hydrogens (tertiary/aromatic N) is 1. The summed E-state index contributed by atoms with van der Waals surface area (Å²) in [4.78, 5) is 0. The van der Waals surface area contributed by atoms with Crippen molar-refractivity contribution in [2.24, 2.45) is 0 Å². The molecule has 2 rings (SSSR count). The molecule has 0 saturated carbocycles. The highest BCUT2D eigenvalue weighted by Crippen LogP contribution is 2.05. The minimum Gasteiger partial charge on any atom is -0.167 e. The van der Waals surface area contributed by atoms with Gasteiger partial charge in [-0.2, -0.15) is 4.57 Å². The van der Waals surface area contributed by atoms with Gasteiger partial charge in [0.2, 0.25) is 5.69 Å². The number of benzene rings is 1. The molecule has 2 aromatic rings. The van der Waals surface area contributed by atoms with E-state index >= 15 is 0 Å². The number of pyridine rings is 1. The van der Waals surface area contributed by atoms with Crippen LogP contribution >= 0.6 is 22.6 Å². The fraction of sp³-hybridized carbons (Fsp3) is 0. The molecule has 0 aliphatic rings. The number of rotatable bonds is 1. The normalized spacial score (nSPS) is 9.92. The molecule has 0 bridgehead atoms. The molecule has 0 radical (unpaired) electrons. The molecule has 0 N–H and O–H groups in total. The lowest BCUT2D eigenvalue weighted by Crippen LogP contribution is -2.28. The molecule has 13 heavy (non-hydrogen) atoms. The summed E-state index contributed by atoms with van der Waals surface area (Å²) >= 11 is 2.31. The Morgan fingerprint density at radius 3 is 2.08 bits per heavy atom. The van der Waals surface area contributed by atoms with Crippen LogP contribution in [0, 0.1) is 3.57 Å². The van der Waals surface area contributed by atoms with E-state index in [2.05, 4.69) is 51.4 Å². The van der Waals surface area contributed by atoms with Crippen LogP contribution < -0.4 is 4.57 Å². The van der Waals surface area contributed by atoms with E-state index in [0.717, 1.165) is 0 Å². The van der Waals surface area contributed by atoms with Crippen molar-refractivity contribution in [3.05, 3.63) is 58.4 Å². The summed E-state index contributed by atoms with van der Waals surface area (Å²) in [5.41, 5.74) is 1.20. The summed E-state index contributed by atoms with van der Waals surface area (Å²) in [5.74, 6) is 0. The molecular formula is C11H9IN+. The van der Waals surface area contributed by atoms with Crippen molar-refractivity contribution in [2.75, 3.05) is 0 Å². The Kier molecular flexibility index (Phi) is 2.59. The van der Waals surface area contributed by atoms with Crippen LogP contribution in [-0.4, -0.2) is 0 Å². The van der Waals surface area contributed by atoms with Gasteiger partial charge in [-0.15, -0.1) is 0 Å². The van der Waals surface area contributed by atoms with Gasteiger partial charge in [0, 0.05) is 27.8 Å². The van der Waals surface area contributed by atoms with Gasteiger partial charge in [-0.05, 0) is 34.7 Å². The first-order chi connectivity index (χ1) is 6.36. The zero-order chi connectivity index (χ0) is 9.10. The van der Waals surface area contributed by atoms with Crippen molar-refractivity contribution in [3.8, 4) is 5.69 Å². The van der Waals surface area contributed by atoms with Crippen LogP contribution in [0.15, 0.2) is 54.9 Å². The van der Waals surface area contributed by atoms with Gasteiger partial charge in [-0.25, -0.2) is 0 Å². The van der Waals surface area contributed by atoms with Crippen molar-refractivity contribution >= 4 is 22.6 Å². The van der Waals surface area contributed by atoms with Crippen molar-refractivity contribution in [1.29, 1.82) is 0 Å². The molecular weight excluding hydrogens is 273 g/mol. The molecule has 0 aliphatic heterocycles. The maximum Gasteiger partial charge on any atom is 0.210 e. The minimum atomic E-state index is 1.20. The number of hydrogen-bond donors (Lipinski definition) is 0. The van der Waals surface area contributed by atoms with Crippen LogP contribution in [0.25, 0.3) is 5.69 Å². The highest BCUT2D eigenvalue weighted by Gasteiger charge is 2.01. The maximum absolute atomic E-state index is 2.31. The minimum absolute atomic E-state index is 1.20. The summed E-state index contributed by atoms with van der Waals surface area (Å²) in [7, 11) is 0. The Morgan fingerprint density at radius 1 is 0.846 bits per heavy atom. The van der Waals surface area contributed by atoms with Gasteiger partial charge in [0.25, 0.3) is 0 Å². The quantitative estimate of drug-likeness (QED) is 0.559. The lowest BCUT2D eigenvalue weighted by Gasteiger charge is -1.94. The lowest BCUT2D eigenvalue weighted by molar-refractivity contribution is -0.595. The topological polar surface area (TPSA) is 3.88 Å². The zero-order valence-corrected chi connectivity index (χ0v) is 9.18. The van der Waals surface area contributed by atoms with Crippen LogP contribution in [0.3, 0.4) is 0 Å². The molecule has 1 nitrogen and oxygen atoms in total. The molecule has 2 heteroatoms. The average molecular weight is 282 g/mol. The fourth-order valence-corrected chi connectivity index (χ4v) is 1.54. The number of hydrogen-bond acceptors (Lipinski definition) is 0. The Morgan fingerprint density at radius 2 is 1.46 bits per heavy atom. The molecule has 0 fully saturated rings. The molecule has 1 aromatic carbocycles. The average Bonchev–Trinajstić information content (AvgIpc) is 2.20. The molecule has 0 saturated heterocycles. The summed E-state index contributed by atoms with van der Waals surface area (Å²) in [6.45, 7) is 0. The molecule has 0 amide bonds. The number of aromatic nitrogens is 1. The van der Waals surface area contributed by atoms with E-state index in [1.807, 2.05) is 30.6 Å². The second kappa shape index (κ2) is 3.87. The van der Waals surface area contributed by atoms with Crippen LogP contribution in [0.4, 0.5) is 0 Å². The second-order valence-electron chi connectivity index (χ2n) is 2.76. The Labute approximate surface area is 91.2 Å². The highest BCUT2D eigenvalue weighted by atomic mass is 127. The Hall–Kier alpha value is -0.900. The predicted molar refractivity (Wildman–Crippen MR) is 60.7 cm³/mol. The first kappa shape index (κ1) is 8.69. The van der Waals surface area contributed by atoms with Gasteiger partial charge in [0.15, 0.2) is 12.4 Å². The molecule has 0 aliphatic carbocycles. The maximum atomic E-state index is 2.31. The molecule has 64 valence electrons. The molecule has 1 aromatic heterocycles. The van der Waals surface area contributed by atoms with Crippen molar-refractivity contribution in [1.82, 2.24) is 0 Å². The zero-order valence-electron chi connectivity index (χ0n) is 7.02. The van der Waals surface area contributed by atoms with Crippen molar-refractivity contribution < 1.29 is 4.57 Å². The van der Waals surface area contributed by atoms with Crippen molar-refractivity contribution in [2.45, 2.75) is 0 Å². The lowest BCUT2D eigenvalue weighted by atomic mass is 10.3. The summed E-state index contributed by atoms with van der Waals surface area (Å²) < 4.78 is 3.36. The third-order valence-corrected chi connectivity index (χ3v) is 2.56. The van der Waals surface area contributed by atoms with E-state index in [4.69, 9.17) is 0 Å². The van der Waals surface area contributed by atoms with Gasteiger partial charge >= 0.3 is 0 Å².